The minimum absolute atomic E-state index is 0.0252. The van der Waals surface area contributed by atoms with Crippen LogP contribution >= 0.6 is 0 Å². The van der Waals surface area contributed by atoms with Crippen LogP contribution in [0.2, 0.25) is 0 Å². The Hall–Kier alpha value is -2.21. The monoisotopic (exact) mass is 331 g/mol. The van der Waals surface area contributed by atoms with Crippen LogP contribution in [0.1, 0.15) is 25.8 Å². The van der Waals surface area contributed by atoms with Crippen LogP contribution in [0.15, 0.2) is 29.3 Å². The minimum atomic E-state index is -0.199. The lowest BCUT2D eigenvalue weighted by Gasteiger charge is -2.09. The summed E-state index contributed by atoms with van der Waals surface area (Å²) in [7, 11) is 0. The van der Waals surface area contributed by atoms with Crippen molar-refractivity contribution in [1.82, 2.24) is 14.9 Å². The van der Waals surface area contributed by atoms with Gasteiger partial charge in [0.15, 0.2) is 0 Å². The summed E-state index contributed by atoms with van der Waals surface area (Å²) in [5.74, 6) is 0.310. The number of carbonyl (C=O) groups excluding carboxylic acids is 1. The molecule has 1 heterocycles. The van der Waals surface area contributed by atoms with Crippen LogP contribution in [0.25, 0.3) is 10.9 Å². The Labute approximate surface area is 141 Å². The number of hydrogen-bond acceptors (Lipinski definition) is 4. The van der Waals surface area contributed by atoms with Gasteiger partial charge in [-0.25, -0.2) is 4.98 Å². The average molecular weight is 331 g/mol. The van der Waals surface area contributed by atoms with Crippen molar-refractivity contribution in [1.29, 1.82) is 0 Å². The Bertz CT molecular complexity index is 753. The van der Waals surface area contributed by atoms with E-state index in [1.54, 1.807) is 6.07 Å². The minimum Gasteiger partial charge on any atom is -0.381 e. The number of hydrogen-bond donors (Lipinski definition) is 1. The highest BCUT2D eigenvalue weighted by molar-refractivity contribution is 5.81. The zero-order valence-electron chi connectivity index (χ0n) is 14.5. The number of nitrogens with one attached hydrogen (secondary N) is 1. The number of para-hydroxylation sites is 1. The molecule has 0 aliphatic heterocycles. The zero-order chi connectivity index (χ0) is 17.5. The van der Waals surface area contributed by atoms with Crippen molar-refractivity contribution >= 4 is 16.8 Å². The SMILES string of the molecule is Cc1cccc2c(=O)n(CC(=O)NCCCOCC(C)C)cnc12. The van der Waals surface area contributed by atoms with Gasteiger partial charge in [-0.05, 0) is 30.9 Å². The number of benzene rings is 1. The lowest BCUT2D eigenvalue weighted by atomic mass is 10.1. The van der Waals surface area contributed by atoms with Gasteiger partial charge in [0.1, 0.15) is 6.54 Å². The van der Waals surface area contributed by atoms with Crippen molar-refractivity contribution in [2.75, 3.05) is 19.8 Å². The third kappa shape index (κ3) is 4.89. The van der Waals surface area contributed by atoms with Crippen LogP contribution in [-0.4, -0.2) is 35.2 Å². The molecule has 0 unspecified atom stereocenters. The first-order valence-corrected chi connectivity index (χ1v) is 8.28. The predicted octanol–water partition coefficient (Wildman–Crippen LogP) is 1.88. The van der Waals surface area contributed by atoms with Crippen molar-refractivity contribution in [2.45, 2.75) is 33.7 Å². The summed E-state index contributed by atoms with van der Waals surface area (Å²) in [5, 5.41) is 3.33. The fourth-order valence-corrected chi connectivity index (χ4v) is 2.38. The summed E-state index contributed by atoms with van der Waals surface area (Å²) in [4.78, 5) is 28.7. The molecule has 1 N–H and O–H groups in total. The molecule has 0 aliphatic rings. The van der Waals surface area contributed by atoms with E-state index in [1.165, 1.54) is 10.9 Å². The molecule has 1 aromatic carbocycles. The molecule has 0 saturated heterocycles. The molecule has 0 fully saturated rings. The van der Waals surface area contributed by atoms with Gasteiger partial charge in [0.25, 0.3) is 5.56 Å². The molecule has 2 aromatic rings. The fraction of sp³-hybridized carbons (Fsp3) is 0.500. The van der Waals surface area contributed by atoms with Crippen molar-refractivity contribution in [2.24, 2.45) is 5.92 Å². The Morgan fingerprint density at radius 3 is 2.92 bits per heavy atom. The maximum absolute atomic E-state index is 12.4. The van der Waals surface area contributed by atoms with Gasteiger partial charge in [-0.15, -0.1) is 0 Å². The number of amides is 1. The molecule has 6 heteroatoms. The Morgan fingerprint density at radius 2 is 2.17 bits per heavy atom. The van der Waals surface area contributed by atoms with E-state index in [1.807, 2.05) is 19.1 Å². The number of carbonyl (C=O) groups is 1. The van der Waals surface area contributed by atoms with E-state index in [0.29, 0.717) is 30.0 Å². The highest BCUT2D eigenvalue weighted by Gasteiger charge is 2.08. The number of rotatable bonds is 8. The summed E-state index contributed by atoms with van der Waals surface area (Å²) in [6.45, 7) is 7.96. The first-order chi connectivity index (χ1) is 11.5. The molecule has 0 atom stereocenters. The predicted molar refractivity (Wildman–Crippen MR) is 94.0 cm³/mol. The second kappa shape index (κ2) is 8.59. The Kier molecular flexibility index (Phi) is 6.49. The van der Waals surface area contributed by atoms with Gasteiger partial charge in [-0.2, -0.15) is 0 Å². The Morgan fingerprint density at radius 1 is 1.38 bits per heavy atom. The van der Waals surface area contributed by atoms with Gasteiger partial charge in [0.2, 0.25) is 5.91 Å². The molecule has 0 bridgehead atoms. The van der Waals surface area contributed by atoms with Crippen LogP contribution in [-0.2, 0) is 16.1 Å². The van der Waals surface area contributed by atoms with Crippen LogP contribution in [0.3, 0.4) is 0 Å². The maximum Gasteiger partial charge on any atom is 0.261 e. The zero-order valence-corrected chi connectivity index (χ0v) is 14.5. The molecule has 0 spiro atoms. The van der Waals surface area contributed by atoms with Crippen LogP contribution in [0, 0.1) is 12.8 Å². The molecule has 130 valence electrons. The van der Waals surface area contributed by atoms with Crippen molar-refractivity contribution < 1.29 is 9.53 Å². The number of nitrogens with zero attached hydrogens (tertiary/aromatic N) is 2. The van der Waals surface area contributed by atoms with E-state index >= 15 is 0 Å². The van der Waals surface area contributed by atoms with Crippen LogP contribution < -0.4 is 10.9 Å². The highest BCUT2D eigenvalue weighted by atomic mass is 16.5. The molecule has 2 rings (SSSR count). The molecular formula is C18H25N3O3. The molecular weight excluding hydrogens is 306 g/mol. The van der Waals surface area contributed by atoms with E-state index in [9.17, 15) is 9.59 Å². The van der Waals surface area contributed by atoms with Gasteiger partial charge in [-0.3, -0.25) is 14.2 Å². The summed E-state index contributed by atoms with van der Waals surface area (Å²) < 4.78 is 6.80. The van der Waals surface area contributed by atoms with Crippen molar-refractivity contribution in [3.8, 4) is 0 Å². The molecule has 0 radical (unpaired) electrons. The van der Waals surface area contributed by atoms with E-state index in [4.69, 9.17) is 4.74 Å². The third-order valence-electron chi connectivity index (χ3n) is 3.61. The van der Waals surface area contributed by atoms with Crippen molar-refractivity contribution in [3.05, 3.63) is 40.4 Å². The van der Waals surface area contributed by atoms with Gasteiger partial charge < -0.3 is 10.1 Å². The quantitative estimate of drug-likeness (QED) is 0.750. The lowest BCUT2D eigenvalue weighted by molar-refractivity contribution is -0.121. The Balaban J connectivity index is 1.87. The van der Waals surface area contributed by atoms with Gasteiger partial charge in [-0.1, -0.05) is 26.0 Å². The van der Waals surface area contributed by atoms with E-state index in [-0.39, 0.29) is 18.0 Å². The second-order valence-electron chi connectivity index (χ2n) is 6.32. The number of fused-ring (bicyclic) bond motifs is 1. The lowest BCUT2D eigenvalue weighted by Crippen LogP contribution is -2.33. The van der Waals surface area contributed by atoms with Crippen molar-refractivity contribution in [3.63, 3.8) is 0 Å². The molecule has 1 aromatic heterocycles. The summed E-state index contributed by atoms with van der Waals surface area (Å²) >= 11 is 0. The third-order valence-corrected chi connectivity index (χ3v) is 3.61. The number of aryl methyl sites for hydroxylation is 1. The number of aromatic nitrogens is 2. The second-order valence-corrected chi connectivity index (χ2v) is 6.32. The maximum atomic E-state index is 12.4. The molecule has 1 amide bonds. The van der Waals surface area contributed by atoms with E-state index < -0.39 is 0 Å². The summed E-state index contributed by atoms with van der Waals surface area (Å²) in [6.07, 6.45) is 2.19. The normalized spacial score (nSPS) is 11.2. The van der Waals surface area contributed by atoms with Gasteiger partial charge in [0.05, 0.1) is 17.2 Å². The van der Waals surface area contributed by atoms with E-state index in [0.717, 1.165) is 18.6 Å². The first-order valence-electron chi connectivity index (χ1n) is 8.28. The smallest absolute Gasteiger partial charge is 0.261 e. The van der Waals surface area contributed by atoms with E-state index in [2.05, 4.69) is 24.1 Å². The topological polar surface area (TPSA) is 73.2 Å². The summed E-state index contributed by atoms with van der Waals surface area (Å²) in [6, 6.07) is 5.47. The van der Waals surface area contributed by atoms with Crippen LogP contribution in [0.5, 0.6) is 0 Å². The molecule has 0 aliphatic carbocycles. The number of ether oxygens (including phenoxy) is 1. The van der Waals surface area contributed by atoms with Gasteiger partial charge >= 0.3 is 0 Å². The van der Waals surface area contributed by atoms with Crippen LogP contribution in [0.4, 0.5) is 0 Å². The molecule has 0 saturated carbocycles. The average Bonchev–Trinajstić information content (AvgIpc) is 2.54. The standard InChI is InChI=1S/C18H25N3O3/c1-13(2)11-24-9-5-8-19-16(22)10-21-12-20-17-14(3)6-4-7-15(17)18(21)23/h4,6-7,12-13H,5,8-11H2,1-3H3,(H,19,22). The van der Waals surface area contributed by atoms with Gasteiger partial charge in [0, 0.05) is 19.8 Å². The largest absolute Gasteiger partial charge is 0.381 e. The molecule has 24 heavy (non-hydrogen) atoms. The summed E-state index contributed by atoms with van der Waals surface area (Å²) in [5.41, 5.74) is 1.43. The highest BCUT2D eigenvalue weighted by Crippen LogP contribution is 2.10. The molecule has 6 nitrogen and oxygen atoms in total. The fourth-order valence-electron chi connectivity index (χ4n) is 2.38. The first kappa shape index (κ1) is 18.1.